The molecule has 2 rings (SSSR count). The Morgan fingerprint density at radius 1 is 1.36 bits per heavy atom. The number of benzene rings is 1. The zero-order chi connectivity index (χ0) is 18.4. The van der Waals surface area contributed by atoms with Crippen molar-refractivity contribution in [1.82, 2.24) is 10.2 Å². The lowest BCUT2D eigenvalue weighted by Crippen LogP contribution is -2.59. The quantitative estimate of drug-likeness (QED) is 0.683. The fourth-order valence-electron chi connectivity index (χ4n) is 3.16. The van der Waals surface area contributed by atoms with E-state index in [1.165, 1.54) is 29.2 Å². The van der Waals surface area contributed by atoms with Crippen molar-refractivity contribution in [3.8, 4) is 0 Å². The smallest absolute Gasteiger partial charge is 0.317 e. The monoisotopic (exact) mass is 352 g/mol. The van der Waals surface area contributed by atoms with Gasteiger partial charge in [-0.25, -0.2) is 9.18 Å². The molecule has 0 aromatic heterocycles. The lowest BCUT2D eigenvalue weighted by atomic mass is 9.73. The summed E-state index contributed by atoms with van der Waals surface area (Å²) in [5.74, 6) is -1.57. The number of carboxylic acids is 1. The molecule has 6 nitrogen and oxygen atoms in total. The summed E-state index contributed by atoms with van der Waals surface area (Å²) in [4.78, 5) is 25.7. The highest BCUT2D eigenvalue weighted by atomic mass is 19.1. The van der Waals surface area contributed by atoms with Crippen LogP contribution in [0.1, 0.15) is 31.7 Å². The number of hydrogen-bond donors (Lipinski definition) is 3. The number of halogens is 1. The van der Waals surface area contributed by atoms with Crippen LogP contribution in [0.4, 0.5) is 9.18 Å². The molecular formula is C18H25FN2O4. The lowest BCUT2D eigenvalue weighted by molar-refractivity contribution is -0.161. The Kier molecular flexibility index (Phi) is 6.36. The summed E-state index contributed by atoms with van der Waals surface area (Å²) < 4.78 is 13.1. The van der Waals surface area contributed by atoms with Crippen LogP contribution in [0.2, 0.25) is 0 Å². The molecule has 2 atom stereocenters. The maximum atomic E-state index is 13.1. The summed E-state index contributed by atoms with van der Waals surface area (Å²) in [7, 11) is 0. The average molecular weight is 352 g/mol. The number of urea groups is 1. The molecule has 0 radical (unpaired) electrons. The molecule has 0 aliphatic carbocycles. The van der Waals surface area contributed by atoms with E-state index in [2.05, 4.69) is 5.32 Å². The molecule has 138 valence electrons. The summed E-state index contributed by atoms with van der Waals surface area (Å²) >= 11 is 0. The molecule has 0 unspecified atom stereocenters. The van der Waals surface area contributed by atoms with E-state index in [0.717, 1.165) is 12.8 Å². The topological polar surface area (TPSA) is 89.9 Å². The number of rotatable bonds is 6. The highest BCUT2D eigenvalue weighted by Crippen LogP contribution is 2.34. The molecule has 1 aliphatic rings. The van der Waals surface area contributed by atoms with Gasteiger partial charge in [0.05, 0.1) is 6.10 Å². The number of aliphatic hydroxyl groups excluding tert-OH is 1. The van der Waals surface area contributed by atoms with Crippen LogP contribution in [0.25, 0.3) is 0 Å². The van der Waals surface area contributed by atoms with Crippen LogP contribution in [-0.4, -0.2) is 52.9 Å². The molecule has 3 N–H and O–H groups in total. The summed E-state index contributed by atoms with van der Waals surface area (Å²) in [5, 5.41) is 23.0. The Balaban J connectivity index is 2.17. The van der Waals surface area contributed by atoms with E-state index in [9.17, 15) is 24.2 Å². The third kappa shape index (κ3) is 4.48. The number of carbonyl (C=O) groups is 2. The van der Waals surface area contributed by atoms with Crippen molar-refractivity contribution >= 4 is 12.0 Å². The van der Waals surface area contributed by atoms with E-state index in [0.29, 0.717) is 18.7 Å². The first-order valence-corrected chi connectivity index (χ1v) is 8.57. The van der Waals surface area contributed by atoms with E-state index in [-0.39, 0.29) is 25.4 Å². The van der Waals surface area contributed by atoms with Gasteiger partial charge in [0.15, 0.2) is 0 Å². The number of aliphatic hydroxyl groups is 1. The summed E-state index contributed by atoms with van der Waals surface area (Å²) in [6, 6.07) is 5.22. The molecule has 1 saturated heterocycles. The molecule has 0 saturated carbocycles. The highest BCUT2D eigenvalue weighted by molar-refractivity contribution is 5.79. The minimum absolute atomic E-state index is 0.0303. The normalized spacial score (nSPS) is 23.3. The fourth-order valence-corrected chi connectivity index (χ4v) is 3.16. The molecule has 0 spiro atoms. The molecule has 1 fully saturated rings. The fraction of sp³-hybridized carbons (Fsp3) is 0.556. The number of nitrogens with one attached hydrogen (secondary N) is 1. The zero-order valence-corrected chi connectivity index (χ0v) is 14.4. The number of nitrogens with zero attached hydrogens (tertiary/aromatic N) is 1. The first-order valence-electron chi connectivity index (χ1n) is 8.57. The van der Waals surface area contributed by atoms with E-state index in [4.69, 9.17) is 0 Å². The van der Waals surface area contributed by atoms with Gasteiger partial charge in [0, 0.05) is 19.6 Å². The van der Waals surface area contributed by atoms with Gasteiger partial charge in [0.25, 0.3) is 0 Å². The van der Waals surface area contributed by atoms with Gasteiger partial charge in [-0.1, -0.05) is 25.5 Å². The maximum Gasteiger partial charge on any atom is 0.317 e. The van der Waals surface area contributed by atoms with Gasteiger partial charge in [-0.05, 0) is 37.0 Å². The van der Waals surface area contributed by atoms with E-state index in [1.807, 2.05) is 6.92 Å². The van der Waals surface area contributed by atoms with Crippen molar-refractivity contribution in [2.24, 2.45) is 5.41 Å². The van der Waals surface area contributed by atoms with Crippen molar-refractivity contribution in [1.29, 1.82) is 0 Å². The predicted octanol–water partition coefficient (Wildman–Crippen LogP) is 2.02. The molecule has 25 heavy (non-hydrogen) atoms. The number of piperidine rings is 1. The van der Waals surface area contributed by atoms with Crippen LogP contribution in [0.15, 0.2) is 24.3 Å². The molecule has 0 bridgehead atoms. The van der Waals surface area contributed by atoms with Crippen LogP contribution in [-0.2, 0) is 11.2 Å². The summed E-state index contributed by atoms with van der Waals surface area (Å²) in [6.45, 7) is 2.77. The largest absolute Gasteiger partial charge is 0.481 e. The second kappa shape index (κ2) is 8.29. The van der Waals surface area contributed by atoms with Crippen LogP contribution < -0.4 is 5.32 Å². The Bertz CT molecular complexity index is 608. The van der Waals surface area contributed by atoms with Gasteiger partial charge in [0.1, 0.15) is 11.2 Å². The van der Waals surface area contributed by atoms with Crippen LogP contribution in [0, 0.1) is 11.2 Å². The summed E-state index contributed by atoms with van der Waals surface area (Å²) in [5.41, 5.74) is -0.894. The second-order valence-electron chi connectivity index (χ2n) is 6.58. The maximum absolute atomic E-state index is 13.1. The zero-order valence-electron chi connectivity index (χ0n) is 14.4. The van der Waals surface area contributed by atoms with Crippen LogP contribution >= 0.6 is 0 Å². The summed E-state index contributed by atoms with van der Waals surface area (Å²) in [6.07, 6.45) is 0.941. The first kappa shape index (κ1) is 19.2. The van der Waals surface area contributed by atoms with Crippen molar-refractivity contribution in [3.05, 3.63) is 35.6 Å². The average Bonchev–Trinajstić information content (AvgIpc) is 2.58. The van der Waals surface area contributed by atoms with Gasteiger partial charge in [0.2, 0.25) is 0 Å². The number of hydrogen-bond acceptors (Lipinski definition) is 3. The highest BCUT2D eigenvalue weighted by Gasteiger charge is 2.50. The van der Waals surface area contributed by atoms with Gasteiger partial charge < -0.3 is 20.4 Å². The Labute approximate surface area is 146 Å². The SMILES string of the molecule is CCCCNC(=O)N1CC[C@@H](O)[C@](Cc2ccc(F)cc2)(C(=O)O)C1. The molecule has 1 aromatic carbocycles. The van der Waals surface area contributed by atoms with E-state index < -0.39 is 23.3 Å². The van der Waals surface area contributed by atoms with Gasteiger partial charge in [-0.15, -0.1) is 0 Å². The molecule has 2 amide bonds. The van der Waals surface area contributed by atoms with Gasteiger partial charge in [-0.3, -0.25) is 4.79 Å². The Morgan fingerprint density at radius 2 is 2.04 bits per heavy atom. The van der Waals surface area contributed by atoms with Gasteiger partial charge >= 0.3 is 12.0 Å². The number of aliphatic carboxylic acids is 1. The van der Waals surface area contributed by atoms with Crippen LogP contribution in [0.5, 0.6) is 0 Å². The number of carbonyl (C=O) groups excluding carboxylic acids is 1. The minimum atomic E-state index is -1.50. The number of carboxylic acid groups (broad SMARTS) is 1. The Hall–Kier alpha value is -2.15. The Morgan fingerprint density at radius 3 is 2.64 bits per heavy atom. The molecular weight excluding hydrogens is 327 g/mol. The van der Waals surface area contributed by atoms with Crippen molar-refractivity contribution < 1.29 is 24.2 Å². The van der Waals surface area contributed by atoms with Crippen molar-refractivity contribution in [2.45, 2.75) is 38.7 Å². The standard InChI is InChI=1S/C18H25FN2O4/c1-2-3-9-20-17(25)21-10-8-15(22)18(12-21,16(23)24)11-13-4-6-14(19)7-5-13/h4-7,15,22H,2-3,8-12H2,1H3,(H,20,25)(H,23,24)/t15-,18-/m1/s1. The first-order chi connectivity index (χ1) is 11.9. The van der Waals surface area contributed by atoms with Crippen molar-refractivity contribution in [2.75, 3.05) is 19.6 Å². The van der Waals surface area contributed by atoms with Gasteiger partial charge in [-0.2, -0.15) is 0 Å². The number of unbranched alkanes of at least 4 members (excludes halogenated alkanes) is 1. The molecule has 7 heteroatoms. The van der Waals surface area contributed by atoms with Crippen molar-refractivity contribution in [3.63, 3.8) is 0 Å². The molecule has 1 aliphatic heterocycles. The predicted molar refractivity (Wildman–Crippen MR) is 90.7 cm³/mol. The van der Waals surface area contributed by atoms with E-state index in [1.54, 1.807) is 0 Å². The molecule has 1 aromatic rings. The van der Waals surface area contributed by atoms with Crippen LogP contribution in [0.3, 0.4) is 0 Å². The lowest BCUT2D eigenvalue weighted by Gasteiger charge is -2.43. The molecule has 1 heterocycles. The van der Waals surface area contributed by atoms with E-state index >= 15 is 0 Å². The third-order valence-corrected chi connectivity index (χ3v) is 4.74. The third-order valence-electron chi connectivity index (χ3n) is 4.74. The second-order valence-corrected chi connectivity index (χ2v) is 6.58. The minimum Gasteiger partial charge on any atom is -0.481 e. The number of amides is 2. The number of likely N-dealkylation sites (tertiary alicyclic amines) is 1.